The number of fused-ring (bicyclic) bond motifs is 1. The van der Waals surface area contributed by atoms with E-state index in [1.165, 1.54) is 0 Å². The zero-order valence-corrected chi connectivity index (χ0v) is 17.9. The summed E-state index contributed by atoms with van der Waals surface area (Å²) < 4.78 is 0. The lowest BCUT2D eigenvalue weighted by atomic mass is 9.74. The molecule has 30 heavy (non-hydrogen) atoms. The first kappa shape index (κ1) is 21.0. The van der Waals surface area contributed by atoms with E-state index >= 15 is 0 Å². The summed E-state index contributed by atoms with van der Waals surface area (Å²) in [5, 5.41) is 2.37. The highest BCUT2D eigenvalue weighted by molar-refractivity contribution is 6.05. The summed E-state index contributed by atoms with van der Waals surface area (Å²) in [5.41, 5.74) is 8.87. The summed E-state index contributed by atoms with van der Waals surface area (Å²) in [7, 11) is 0. The number of amides is 3. The number of carbonyl (C=O) groups excluding carboxylic acids is 3. The molecule has 2 saturated heterocycles. The number of rotatable bonds is 5. The molecule has 4 rings (SSSR count). The maximum atomic E-state index is 13.2. The third kappa shape index (κ3) is 3.88. The molecule has 0 aliphatic carbocycles. The number of nitrogens with one attached hydrogen (secondary N) is 1. The van der Waals surface area contributed by atoms with Crippen molar-refractivity contribution in [2.45, 2.75) is 58.7 Å². The Hall–Kier alpha value is -2.25. The van der Waals surface area contributed by atoms with Crippen LogP contribution >= 0.6 is 0 Å². The molecule has 0 aromatic heterocycles. The lowest BCUT2D eigenvalue weighted by Gasteiger charge is -2.40. The summed E-state index contributed by atoms with van der Waals surface area (Å²) in [6, 6.07) is 5.43. The van der Waals surface area contributed by atoms with E-state index in [1.54, 1.807) is 4.90 Å². The van der Waals surface area contributed by atoms with Crippen molar-refractivity contribution in [2.24, 2.45) is 17.1 Å². The quantitative estimate of drug-likeness (QED) is 0.717. The predicted octanol–water partition coefficient (Wildman–Crippen LogP) is 1.64. The van der Waals surface area contributed by atoms with Gasteiger partial charge in [-0.3, -0.25) is 24.6 Å². The molecular weight excluding hydrogens is 380 g/mol. The van der Waals surface area contributed by atoms with Crippen LogP contribution in [0, 0.1) is 11.3 Å². The normalized spacial score (nSPS) is 23.6. The summed E-state index contributed by atoms with van der Waals surface area (Å²) in [5.74, 6) is -0.0833. The first-order valence-electron chi connectivity index (χ1n) is 11.0. The molecule has 3 amide bonds. The maximum Gasteiger partial charge on any atom is 0.255 e. The van der Waals surface area contributed by atoms with Gasteiger partial charge in [-0.05, 0) is 61.4 Å². The van der Waals surface area contributed by atoms with Gasteiger partial charge in [0.15, 0.2) is 0 Å². The second-order valence-electron chi connectivity index (χ2n) is 9.59. The van der Waals surface area contributed by atoms with Gasteiger partial charge in [0.05, 0.1) is 0 Å². The maximum absolute atomic E-state index is 13.2. The standard InChI is InChI=1S/C23H32N4O3/c1-23(2,14-24)17-8-10-26(11-9-17)12-15-4-3-5-16-13-27(22(30)20(15)16)18-6-7-19(28)25-21(18)29/h3-5,17-18H,6-14,24H2,1-2H3,(H,25,28,29). The van der Waals surface area contributed by atoms with Crippen LogP contribution in [0.1, 0.15) is 61.0 Å². The molecule has 2 fully saturated rings. The van der Waals surface area contributed by atoms with Crippen LogP contribution in [0.25, 0.3) is 0 Å². The minimum absolute atomic E-state index is 0.0887. The fraction of sp³-hybridized carbons (Fsp3) is 0.609. The van der Waals surface area contributed by atoms with Gasteiger partial charge in [-0.2, -0.15) is 0 Å². The molecule has 3 aliphatic heterocycles. The molecule has 1 aromatic carbocycles. The summed E-state index contributed by atoms with van der Waals surface area (Å²) in [4.78, 5) is 41.0. The Morgan fingerprint density at radius 3 is 2.53 bits per heavy atom. The molecule has 7 nitrogen and oxygen atoms in total. The van der Waals surface area contributed by atoms with Crippen molar-refractivity contribution in [3.63, 3.8) is 0 Å². The smallest absolute Gasteiger partial charge is 0.255 e. The van der Waals surface area contributed by atoms with Crippen molar-refractivity contribution in [3.05, 3.63) is 34.9 Å². The van der Waals surface area contributed by atoms with E-state index in [0.29, 0.717) is 25.4 Å². The van der Waals surface area contributed by atoms with Crippen molar-refractivity contribution in [2.75, 3.05) is 19.6 Å². The van der Waals surface area contributed by atoms with Gasteiger partial charge in [-0.1, -0.05) is 32.0 Å². The van der Waals surface area contributed by atoms with Crippen LogP contribution in [-0.4, -0.2) is 53.2 Å². The molecule has 1 atom stereocenters. The molecule has 7 heteroatoms. The second-order valence-corrected chi connectivity index (χ2v) is 9.59. The number of imide groups is 1. The van der Waals surface area contributed by atoms with Gasteiger partial charge in [-0.15, -0.1) is 0 Å². The average Bonchev–Trinajstić information content (AvgIpc) is 3.06. The highest BCUT2D eigenvalue weighted by atomic mass is 16.2. The number of likely N-dealkylation sites (tertiary alicyclic amines) is 1. The van der Waals surface area contributed by atoms with Gasteiger partial charge in [0.1, 0.15) is 6.04 Å². The van der Waals surface area contributed by atoms with Gasteiger partial charge in [-0.25, -0.2) is 0 Å². The van der Waals surface area contributed by atoms with Gasteiger partial charge in [0.2, 0.25) is 11.8 Å². The van der Waals surface area contributed by atoms with Crippen molar-refractivity contribution >= 4 is 17.7 Å². The van der Waals surface area contributed by atoms with Crippen molar-refractivity contribution in [1.82, 2.24) is 15.1 Å². The molecule has 162 valence electrons. The summed E-state index contributed by atoms with van der Waals surface area (Å²) in [6.45, 7) is 8.38. The van der Waals surface area contributed by atoms with Crippen LogP contribution in [0.15, 0.2) is 18.2 Å². The molecule has 1 unspecified atom stereocenters. The molecule has 0 bridgehead atoms. The van der Waals surface area contributed by atoms with Crippen LogP contribution in [-0.2, 0) is 22.7 Å². The Morgan fingerprint density at radius 1 is 1.13 bits per heavy atom. The van der Waals surface area contributed by atoms with Gasteiger partial charge in [0, 0.05) is 25.1 Å². The molecule has 0 saturated carbocycles. The number of piperidine rings is 2. The van der Waals surface area contributed by atoms with E-state index in [-0.39, 0.29) is 29.6 Å². The van der Waals surface area contributed by atoms with E-state index in [1.807, 2.05) is 18.2 Å². The first-order valence-corrected chi connectivity index (χ1v) is 11.0. The van der Waals surface area contributed by atoms with E-state index in [0.717, 1.165) is 49.2 Å². The van der Waals surface area contributed by atoms with E-state index < -0.39 is 6.04 Å². The Labute approximate surface area is 178 Å². The minimum Gasteiger partial charge on any atom is -0.330 e. The molecule has 1 aromatic rings. The molecule has 3 heterocycles. The number of carbonyl (C=O) groups is 3. The van der Waals surface area contributed by atoms with E-state index in [4.69, 9.17) is 5.73 Å². The number of benzene rings is 1. The number of hydrogen-bond donors (Lipinski definition) is 2. The average molecular weight is 413 g/mol. The van der Waals surface area contributed by atoms with E-state index in [9.17, 15) is 14.4 Å². The zero-order valence-electron chi connectivity index (χ0n) is 17.9. The van der Waals surface area contributed by atoms with Crippen molar-refractivity contribution < 1.29 is 14.4 Å². The van der Waals surface area contributed by atoms with Crippen LogP contribution in [0.2, 0.25) is 0 Å². The Balaban J connectivity index is 1.45. The van der Waals surface area contributed by atoms with Crippen molar-refractivity contribution in [3.8, 4) is 0 Å². The molecular formula is C23H32N4O3. The lowest BCUT2D eigenvalue weighted by Crippen LogP contribution is -2.52. The Kier molecular flexibility index (Phi) is 5.68. The van der Waals surface area contributed by atoms with Gasteiger partial charge in [0.25, 0.3) is 5.91 Å². The largest absolute Gasteiger partial charge is 0.330 e. The SMILES string of the molecule is CC(C)(CN)C1CCN(Cc2cccc3c2C(=O)N(C2CCC(=O)NC2=O)C3)CC1. The fourth-order valence-corrected chi connectivity index (χ4v) is 5.10. The second kappa shape index (κ2) is 8.12. The molecule has 3 N–H and O–H groups in total. The lowest BCUT2D eigenvalue weighted by molar-refractivity contribution is -0.136. The number of nitrogens with zero attached hydrogens (tertiary/aromatic N) is 2. The Morgan fingerprint density at radius 2 is 1.87 bits per heavy atom. The van der Waals surface area contributed by atoms with Gasteiger partial charge < -0.3 is 10.6 Å². The predicted molar refractivity (Wildman–Crippen MR) is 113 cm³/mol. The topological polar surface area (TPSA) is 95.7 Å². The monoisotopic (exact) mass is 412 g/mol. The minimum atomic E-state index is -0.565. The Bertz CT molecular complexity index is 858. The summed E-state index contributed by atoms with van der Waals surface area (Å²) >= 11 is 0. The van der Waals surface area contributed by atoms with Crippen LogP contribution in [0.5, 0.6) is 0 Å². The first-order chi connectivity index (χ1) is 14.3. The highest BCUT2D eigenvalue weighted by Gasteiger charge is 2.40. The number of nitrogens with two attached hydrogens (primary N) is 1. The third-order valence-electron chi connectivity index (χ3n) is 7.25. The van der Waals surface area contributed by atoms with E-state index in [2.05, 4.69) is 24.1 Å². The number of hydrogen-bond acceptors (Lipinski definition) is 5. The molecule has 0 spiro atoms. The van der Waals surface area contributed by atoms with Crippen LogP contribution < -0.4 is 11.1 Å². The fourth-order valence-electron chi connectivity index (χ4n) is 5.10. The third-order valence-corrected chi connectivity index (χ3v) is 7.25. The van der Waals surface area contributed by atoms with Gasteiger partial charge >= 0.3 is 0 Å². The summed E-state index contributed by atoms with van der Waals surface area (Å²) in [6.07, 6.45) is 2.91. The van der Waals surface area contributed by atoms with Crippen LogP contribution in [0.3, 0.4) is 0 Å². The molecule has 0 radical (unpaired) electrons. The van der Waals surface area contributed by atoms with Crippen LogP contribution in [0.4, 0.5) is 0 Å². The van der Waals surface area contributed by atoms with Crippen molar-refractivity contribution in [1.29, 1.82) is 0 Å². The zero-order chi connectivity index (χ0) is 21.5. The highest BCUT2D eigenvalue weighted by Crippen LogP contribution is 2.35. The molecule has 3 aliphatic rings.